The number of likely N-dealkylation sites (tertiary alicyclic amines) is 1. The Morgan fingerprint density at radius 1 is 1.32 bits per heavy atom. The van der Waals surface area contributed by atoms with Crippen LogP contribution in [0, 0.1) is 12.8 Å². The SMILES string of the molecule is COC(=O)C[C@H]1CC[C@@H](CNC(=O)Cc2cc(C)no2)N1CC1CC1. The van der Waals surface area contributed by atoms with Gasteiger partial charge in [0.15, 0.2) is 0 Å². The summed E-state index contributed by atoms with van der Waals surface area (Å²) in [4.78, 5) is 26.2. The third-order valence-corrected chi connectivity index (χ3v) is 5.11. The Labute approximate surface area is 148 Å². The maximum absolute atomic E-state index is 12.1. The van der Waals surface area contributed by atoms with Crippen LogP contribution in [-0.4, -0.2) is 54.2 Å². The van der Waals surface area contributed by atoms with Crippen LogP contribution in [0.1, 0.15) is 43.6 Å². The topological polar surface area (TPSA) is 84.7 Å². The molecule has 138 valence electrons. The van der Waals surface area contributed by atoms with Crippen molar-refractivity contribution in [1.29, 1.82) is 0 Å². The molecule has 7 nitrogen and oxygen atoms in total. The van der Waals surface area contributed by atoms with Gasteiger partial charge in [-0.25, -0.2) is 0 Å². The van der Waals surface area contributed by atoms with Gasteiger partial charge >= 0.3 is 5.97 Å². The minimum Gasteiger partial charge on any atom is -0.469 e. The predicted octanol–water partition coefficient (Wildman–Crippen LogP) is 1.45. The summed E-state index contributed by atoms with van der Waals surface area (Å²) in [6.07, 6.45) is 5.16. The van der Waals surface area contributed by atoms with Crippen molar-refractivity contribution in [2.45, 2.75) is 57.5 Å². The minimum atomic E-state index is -0.156. The first-order chi connectivity index (χ1) is 12.0. The molecule has 2 aliphatic rings. The predicted molar refractivity (Wildman–Crippen MR) is 90.8 cm³/mol. The fourth-order valence-corrected chi connectivity index (χ4v) is 3.58. The van der Waals surface area contributed by atoms with E-state index in [1.165, 1.54) is 20.0 Å². The number of aryl methyl sites for hydroxylation is 1. The number of nitrogens with zero attached hydrogens (tertiary/aromatic N) is 2. The maximum atomic E-state index is 12.1. The molecule has 1 saturated heterocycles. The molecule has 0 aromatic carbocycles. The summed E-state index contributed by atoms with van der Waals surface area (Å²) in [7, 11) is 1.44. The molecule has 1 aromatic heterocycles. The van der Waals surface area contributed by atoms with Crippen molar-refractivity contribution in [2.75, 3.05) is 20.2 Å². The second-order valence-corrected chi connectivity index (χ2v) is 7.22. The summed E-state index contributed by atoms with van der Waals surface area (Å²) in [6.45, 7) is 3.46. The molecule has 1 N–H and O–H groups in total. The highest BCUT2D eigenvalue weighted by atomic mass is 16.5. The second kappa shape index (κ2) is 7.99. The van der Waals surface area contributed by atoms with Gasteiger partial charge in [-0.1, -0.05) is 5.16 Å². The fourth-order valence-electron chi connectivity index (χ4n) is 3.58. The van der Waals surface area contributed by atoms with E-state index in [-0.39, 0.29) is 30.4 Å². The van der Waals surface area contributed by atoms with Crippen LogP contribution in [0.5, 0.6) is 0 Å². The van der Waals surface area contributed by atoms with E-state index in [9.17, 15) is 9.59 Å². The first-order valence-corrected chi connectivity index (χ1v) is 9.06. The Morgan fingerprint density at radius 2 is 2.08 bits per heavy atom. The van der Waals surface area contributed by atoms with E-state index in [4.69, 9.17) is 9.26 Å². The molecule has 1 aromatic rings. The minimum absolute atomic E-state index is 0.0565. The van der Waals surface area contributed by atoms with Crippen molar-refractivity contribution in [3.05, 3.63) is 17.5 Å². The van der Waals surface area contributed by atoms with E-state index < -0.39 is 0 Å². The van der Waals surface area contributed by atoms with Crippen LogP contribution in [-0.2, 0) is 20.7 Å². The smallest absolute Gasteiger partial charge is 0.307 e. The Hall–Kier alpha value is -1.89. The summed E-state index contributed by atoms with van der Waals surface area (Å²) in [5.74, 6) is 1.11. The van der Waals surface area contributed by atoms with Crippen LogP contribution >= 0.6 is 0 Å². The molecule has 2 atom stereocenters. The fraction of sp³-hybridized carbons (Fsp3) is 0.722. The number of aromatic nitrogens is 1. The molecule has 1 aliphatic heterocycles. The molecule has 1 saturated carbocycles. The Balaban J connectivity index is 1.51. The zero-order valence-electron chi connectivity index (χ0n) is 15.0. The van der Waals surface area contributed by atoms with Gasteiger partial charge in [0.05, 0.1) is 25.6 Å². The molecule has 1 amide bonds. The van der Waals surface area contributed by atoms with E-state index in [2.05, 4.69) is 15.4 Å². The molecule has 0 spiro atoms. The maximum Gasteiger partial charge on any atom is 0.307 e. The van der Waals surface area contributed by atoms with Gasteiger partial charge in [-0.3, -0.25) is 14.5 Å². The van der Waals surface area contributed by atoms with E-state index in [1.807, 2.05) is 6.92 Å². The summed E-state index contributed by atoms with van der Waals surface area (Å²) >= 11 is 0. The van der Waals surface area contributed by atoms with Crippen LogP contribution < -0.4 is 5.32 Å². The highest BCUT2D eigenvalue weighted by Crippen LogP contribution is 2.35. The lowest BCUT2D eigenvalue weighted by Gasteiger charge is -2.30. The summed E-state index contributed by atoms with van der Waals surface area (Å²) in [5.41, 5.74) is 0.778. The van der Waals surface area contributed by atoms with Gasteiger partial charge in [0.2, 0.25) is 5.91 Å². The highest BCUT2D eigenvalue weighted by Gasteiger charge is 2.38. The van der Waals surface area contributed by atoms with Crippen LogP contribution in [0.3, 0.4) is 0 Å². The Kier molecular flexibility index (Phi) is 5.73. The first-order valence-electron chi connectivity index (χ1n) is 9.06. The quantitative estimate of drug-likeness (QED) is 0.715. The molecule has 0 unspecified atom stereocenters. The molecule has 7 heteroatoms. The molecule has 0 radical (unpaired) electrons. The largest absolute Gasteiger partial charge is 0.469 e. The number of nitrogens with one attached hydrogen (secondary N) is 1. The Morgan fingerprint density at radius 3 is 2.72 bits per heavy atom. The van der Waals surface area contributed by atoms with Gasteiger partial charge in [-0.15, -0.1) is 0 Å². The van der Waals surface area contributed by atoms with Gasteiger partial charge in [0, 0.05) is 31.2 Å². The Bertz CT molecular complexity index is 611. The number of methoxy groups -OCH3 is 1. The number of rotatable bonds is 8. The van der Waals surface area contributed by atoms with Gasteiger partial charge in [-0.05, 0) is 38.5 Å². The number of esters is 1. The van der Waals surface area contributed by atoms with Gasteiger partial charge in [0.25, 0.3) is 0 Å². The van der Waals surface area contributed by atoms with Crippen molar-refractivity contribution in [1.82, 2.24) is 15.4 Å². The number of ether oxygens (including phenoxy) is 1. The molecular formula is C18H27N3O4. The van der Waals surface area contributed by atoms with Gasteiger partial charge in [-0.2, -0.15) is 0 Å². The molecule has 3 rings (SSSR count). The first kappa shape index (κ1) is 17.9. The number of hydrogen-bond acceptors (Lipinski definition) is 6. The number of carbonyl (C=O) groups excluding carboxylic acids is 2. The lowest BCUT2D eigenvalue weighted by molar-refractivity contribution is -0.142. The third kappa shape index (κ3) is 5.04. The van der Waals surface area contributed by atoms with Crippen molar-refractivity contribution in [3.8, 4) is 0 Å². The molecule has 1 aliphatic carbocycles. The second-order valence-electron chi connectivity index (χ2n) is 7.22. The van der Waals surface area contributed by atoms with Crippen molar-refractivity contribution in [3.63, 3.8) is 0 Å². The summed E-state index contributed by atoms with van der Waals surface area (Å²) in [5, 5.41) is 6.81. The van der Waals surface area contributed by atoms with Gasteiger partial charge < -0.3 is 14.6 Å². The normalized spacial score (nSPS) is 23.6. The summed E-state index contributed by atoms with van der Waals surface area (Å²) < 4.78 is 9.92. The van der Waals surface area contributed by atoms with Crippen molar-refractivity contribution in [2.24, 2.45) is 5.92 Å². The highest BCUT2D eigenvalue weighted by molar-refractivity contribution is 5.77. The van der Waals surface area contributed by atoms with Crippen LogP contribution in [0.4, 0.5) is 0 Å². The standard InChI is InChI=1S/C18H27N3O4/c1-12-7-16(25-20-12)9-17(22)19-10-15-6-5-14(8-18(23)24-2)21(15)11-13-3-4-13/h7,13-15H,3-6,8-11H2,1-2H3,(H,19,22)/t14-,15+/m1/s1. The van der Waals surface area contributed by atoms with Crippen molar-refractivity contribution < 1.29 is 18.8 Å². The zero-order valence-corrected chi connectivity index (χ0v) is 15.0. The van der Waals surface area contributed by atoms with Crippen molar-refractivity contribution >= 4 is 11.9 Å². The monoisotopic (exact) mass is 349 g/mol. The van der Waals surface area contributed by atoms with Crippen LogP contribution in [0.2, 0.25) is 0 Å². The average Bonchev–Trinajstić information content (AvgIpc) is 3.21. The lowest BCUT2D eigenvalue weighted by Crippen LogP contribution is -2.45. The van der Waals surface area contributed by atoms with E-state index >= 15 is 0 Å². The van der Waals surface area contributed by atoms with Gasteiger partial charge in [0.1, 0.15) is 5.76 Å². The zero-order chi connectivity index (χ0) is 17.8. The lowest BCUT2D eigenvalue weighted by atomic mass is 10.1. The molecule has 2 fully saturated rings. The summed E-state index contributed by atoms with van der Waals surface area (Å²) in [6, 6.07) is 2.29. The van der Waals surface area contributed by atoms with E-state index in [0.29, 0.717) is 18.7 Å². The van der Waals surface area contributed by atoms with Crippen LogP contribution in [0.25, 0.3) is 0 Å². The van der Waals surface area contributed by atoms with E-state index in [0.717, 1.165) is 31.0 Å². The number of carbonyl (C=O) groups is 2. The van der Waals surface area contributed by atoms with E-state index in [1.54, 1.807) is 6.07 Å². The van der Waals surface area contributed by atoms with Crippen LogP contribution in [0.15, 0.2) is 10.6 Å². The molecule has 2 heterocycles. The number of hydrogen-bond donors (Lipinski definition) is 1. The molecular weight excluding hydrogens is 322 g/mol. The third-order valence-electron chi connectivity index (χ3n) is 5.11. The average molecular weight is 349 g/mol. The number of amides is 1. The molecule has 25 heavy (non-hydrogen) atoms. The molecule has 0 bridgehead atoms.